The fraction of sp³-hybridized carbons (Fsp3) is 0.286. The van der Waals surface area contributed by atoms with Gasteiger partial charge in [0, 0.05) is 11.1 Å². The highest BCUT2D eigenvalue weighted by Gasteiger charge is 2.20. The number of nitrogens with two attached hydrogens (primary N) is 1. The summed E-state index contributed by atoms with van der Waals surface area (Å²) in [6.07, 6.45) is 0. The van der Waals surface area contributed by atoms with Crippen LogP contribution in [0.2, 0.25) is 10.0 Å². The summed E-state index contributed by atoms with van der Waals surface area (Å²) in [6, 6.07) is 4.94. The molecule has 0 aliphatic heterocycles. The van der Waals surface area contributed by atoms with E-state index in [-0.39, 0.29) is 6.04 Å². The summed E-state index contributed by atoms with van der Waals surface area (Å²) in [7, 11) is 1.62. The van der Waals surface area contributed by atoms with Gasteiger partial charge >= 0.3 is 0 Å². The molecule has 0 bridgehead atoms. The minimum absolute atomic E-state index is 0.384. The molecular formula is C14H15Cl2NO2S. The van der Waals surface area contributed by atoms with Crippen LogP contribution in [-0.2, 0) is 0 Å². The van der Waals surface area contributed by atoms with Gasteiger partial charge in [-0.05, 0) is 30.0 Å². The predicted octanol–water partition coefficient (Wildman–Crippen LogP) is 4.51. The molecule has 0 fully saturated rings. The molecule has 0 spiro atoms. The van der Waals surface area contributed by atoms with Crippen LogP contribution in [0.4, 0.5) is 0 Å². The molecule has 1 aromatic heterocycles. The molecule has 1 heterocycles. The van der Waals surface area contributed by atoms with E-state index < -0.39 is 0 Å². The Morgan fingerprint density at radius 2 is 2.00 bits per heavy atom. The maximum atomic E-state index is 6.29. The summed E-state index contributed by atoms with van der Waals surface area (Å²) in [5.74, 6) is 1.32. The maximum absolute atomic E-state index is 6.29. The van der Waals surface area contributed by atoms with Gasteiger partial charge in [-0.15, -0.1) is 11.3 Å². The molecule has 3 nitrogen and oxygen atoms in total. The van der Waals surface area contributed by atoms with Crippen LogP contribution in [0.3, 0.4) is 0 Å². The van der Waals surface area contributed by atoms with E-state index >= 15 is 0 Å². The van der Waals surface area contributed by atoms with Crippen LogP contribution in [0, 0.1) is 0 Å². The Kier molecular flexibility index (Phi) is 5.16. The number of hydrogen-bond acceptors (Lipinski definition) is 4. The Labute approximate surface area is 132 Å². The van der Waals surface area contributed by atoms with E-state index in [4.69, 9.17) is 38.4 Å². The summed E-state index contributed by atoms with van der Waals surface area (Å²) in [6.45, 7) is 2.42. The van der Waals surface area contributed by atoms with Crippen molar-refractivity contribution in [3.8, 4) is 11.5 Å². The average molecular weight is 332 g/mol. The van der Waals surface area contributed by atoms with Gasteiger partial charge < -0.3 is 15.2 Å². The van der Waals surface area contributed by atoms with Crippen molar-refractivity contribution in [1.29, 1.82) is 0 Å². The number of benzene rings is 1. The molecule has 0 aliphatic rings. The largest absolute Gasteiger partial charge is 0.496 e. The first-order valence-electron chi connectivity index (χ1n) is 6.07. The van der Waals surface area contributed by atoms with Crippen molar-refractivity contribution in [2.24, 2.45) is 5.73 Å². The van der Waals surface area contributed by atoms with Gasteiger partial charge in [-0.25, -0.2) is 0 Å². The second-order valence-electron chi connectivity index (χ2n) is 4.07. The first kappa shape index (κ1) is 15.4. The maximum Gasteiger partial charge on any atom is 0.139 e. The Hall–Kier alpha value is -0.940. The van der Waals surface area contributed by atoms with Crippen molar-refractivity contribution in [3.63, 3.8) is 0 Å². The summed E-state index contributed by atoms with van der Waals surface area (Å²) >= 11 is 14.0. The number of halogens is 2. The van der Waals surface area contributed by atoms with E-state index in [9.17, 15) is 0 Å². The lowest BCUT2D eigenvalue weighted by molar-refractivity contribution is 0.340. The molecule has 1 aromatic carbocycles. The van der Waals surface area contributed by atoms with Gasteiger partial charge in [0.05, 0.1) is 29.7 Å². The Morgan fingerprint density at radius 3 is 2.65 bits per heavy atom. The minimum Gasteiger partial charge on any atom is -0.496 e. The van der Waals surface area contributed by atoms with Gasteiger partial charge in [-0.1, -0.05) is 23.2 Å². The van der Waals surface area contributed by atoms with Gasteiger partial charge in [0.2, 0.25) is 0 Å². The number of methoxy groups -OCH3 is 1. The van der Waals surface area contributed by atoms with Gasteiger partial charge in [0.25, 0.3) is 0 Å². The molecule has 0 radical (unpaired) electrons. The van der Waals surface area contributed by atoms with Gasteiger partial charge in [0.1, 0.15) is 11.5 Å². The van der Waals surface area contributed by atoms with Crippen molar-refractivity contribution < 1.29 is 9.47 Å². The smallest absolute Gasteiger partial charge is 0.139 e. The standard InChI is InChI=1S/C14H15Cl2NO2S/c1-3-19-12-7-9(15)8(6-10(12)16)13(17)14-11(18-2)4-5-20-14/h4-7,13H,3,17H2,1-2H3. The van der Waals surface area contributed by atoms with Crippen molar-refractivity contribution >= 4 is 34.5 Å². The van der Waals surface area contributed by atoms with Crippen LogP contribution in [0.1, 0.15) is 23.4 Å². The van der Waals surface area contributed by atoms with E-state index in [0.717, 1.165) is 16.2 Å². The molecule has 2 N–H and O–H groups in total. The van der Waals surface area contributed by atoms with E-state index in [1.54, 1.807) is 19.2 Å². The predicted molar refractivity (Wildman–Crippen MR) is 84.5 cm³/mol. The van der Waals surface area contributed by atoms with E-state index in [2.05, 4.69) is 0 Å². The Morgan fingerprint density at radius 1 is 1.25 bits per heavy atom. The topological polar surface area (TPSA) is 44.5 Å². The summed E-state index contributed by atoms with van der Waals surface area (Å²) in [5, 5.41) is 2.95. The average Bonchev–Trinajstić information content (AvgIpc) is 2.90. The fourth-order valence-corrected chi connectivity index (χ4v) is 3.27. The molecule has 1 unspecified atom stereocenters. The number of ether oxygens (including phenoxy) is 2. The quantitative estimate of drug-likeness (QED) is 0.876. The normalized spacial score (nSPS) is 12.2. The molecular weight excluding hydrogens is 317 g/mol. The third kappa shape index (κ3) is 3.04. The molecule has 20 heavy (non-hydrogen) atoms. The third-order valence-electron chi connectivity index (χ3n) is 2.85. The number of hydrogen-bond donors (Lipinski definition) is 1. The van der Waals surface area contributed by atoms with Crippen molar-refractivity contribution in [2.45, 2.75) is 13.0 Å². The molecule has 0 aliphatic carbocycles. The van der Waals surface area contributed by atoms with Gasteiger partial charge in [-0.2, -0.15) is 0 Å². The van der Waals surface area contributed by atoms with E-state index in [1.807, 2.05) is 18.4 Å². The second kappa shape index (κ2) is 6.68. The first-order valence-corrected chi connectivity index (χ1v) is 7.70. The monoisotopic (exact) mass is 331 g/mol. The van der Waals surface area contributed by atoms with Crippen LogP contribution in [-0.4, -0.2) is 13.7 Å². The number of rotatable bonds is 5. The molecule has 0 amide bonds. The van der Waals surface area contributed by atoms with Crippen molar-refractivity contribution in [2.75, 3.05) is 13.7 Å². The zero-order chi connectivity index (χ0) is 14.7. The molecule has 2 aromatic rings. The highest BCUT2D eigenvalue weighted by Crippen LogP contribution is 2.39. The summed E-state index contributed by atoms with van der Waals surface area (Å²) < 4.78 is 10.7. The van der Waals surface area contributed by atoms with E-state index in [0.29, 0.717) is 22.4 Å². The zero-order valence-corrected chi connectivity index (χ0v) is 13.5. The van der Waals surface area contributed by atoms with Gasteiger partial charge in [0.15, 0.2) is 0 Å². The Bertz CT molecular complexity index is 601. The highest BCUT2D eigenvalue weighted by atomic mass is 35.5. The first-order chi connectivity index (χ1) is 9.58. The molecule has 0 saturated carbocycles. The molecule has 1 atom stereocenters. The van der Waals surface area contributed by atoms with E-state index in [1.165, 1.54) is 11.3 Å². The number of thiophene rings is 1. The fourth-order valence-electron chi connectivity index (χ4n) is 1.89. The van der Waals surface area contributed by atoms with Crippen LogP contribution in [0.15, 0.2) is 23.6 Å². The molecule has 108 valence electrons. The van der Waals surface area contributed by atoms with Crippen molar-refractivity contribution in [1.82, 2.24) is 0 Å². The molecule has 6 heteroatoms. The van der Waals surface area contributed by atoms with Crippen molar-refractivity contribution in [3.05, 3.63) is 44.1 Å². The minimum atomic E-state index is -0.384. The van der Waals surface area contributed by atoms with Crippen LogP contribution in [0.5, 0.6) is 11.5 Å². The summed E-state index contributed by atoms with van der Waals surface area (Å²) in [4.78, 5) is 0.912. The van der Waals surface area contributed by atoms with Crippen LogP contribution in [0.25, 0.3) is 0 Å². The molecule has 2 rings (SSSR count). The second-order valence-corrected chi connectivity index (χ2v) is 5.83. The summed E-state index contributed by atoms with van der Waals surface area (Å²) in [5.41, 5.74) is 7.03. The third-order valence-corrected chi connectivity index (χ3v) is 4.45. The van der Waals surface area contributed by atoms with Crippen LogP contribution < -0.4 is 15.2 Å². The lowest BCUT2D eigenvalue weighted by Crippen LogP contribution is -2.12. The zero-order valence-electron chi connectivity index (χ0n) is 11.2. The van der Waals surface area contributed by atoms with Gasteiger partial charge in [-0.3, -0.25) is 0 Å². The lowest BCUT2D eigenvalue weighted by atomic mass is 10.1. The highest BCUT2D eigenvalue weighted by molar-refractivity contribution is 7.10. The lowest BCUT2D eigenvalue weighted by Gasteiger charge is -2.16. The van der Waals surface area contributed by atoms with Crippen LogP contribution >= 0.6 is 34.5 Å². The Balaban J connectivity index is 2.40. The molecule has 0 saturated heterocycles. The SMILES string of the molecule is CCOc1cc(Cl)c(C(N)c2sccc2OC)cc1Cl.